The molecule has 0 aliphatic carbocycles. The molecule has 2 aromatic carbocycles. The first-order valence-corrected chi connectivity index (χ1v) is 8.97. The average Bonchev–Trinajstić information content (AvgIpc) is 3.18. The number of benzene rings is 2. The predicted octanol–water partition coefficient (Wildman–Crippen LogP) is 4.31. The van der Waals surface area contributed by atoms with Gasteiger partial charge in [0.2, 0.25) is 0 Å². The summed E-state index contributed by atoms with van der Waals surface area (Å²) >= 11 is 0. The van der Waals surface area contributed by atoms with Gasteiger partial charge in [-0.15, -0.1) is 0 Å². The van der Waals surface area contributed by atoms with Gasteiger partial charge in [0.1, 0.15) is 0 Å². The van der Waals surface area contributed by atoms with Crippen LogP contribution in [0.4, 0.5) is 0 Å². The summed E-state index contributed by atoms with van der Waals surface area (Å²) in [5.41, 5.74) is 5.34. The van der Waals surface area contributed by atoms with Crippen molar-refractivity contribution in [3.63, 3.8) is 0 Å². The summed E-state index contributed by atoms with van der Waals surface area (Å²) < 4.78 is 6.85. The van der Waals surface area contributed by atoms with E-state index in [1.54, 1.807) is 18.5 Å². The van der Waals surface area contributed by atoms with E-state index in [-0.39, 0.29) is 5.97 Å². The Labute approximate surface area is 163 Å². The van der Waals surface area contributed by atoms with E-state index >= 15 is 0 Å². The van der Waals surface area contributed by atoms with Crippen molar-refractivity contribution in [3.8, 4) is 16.8 Å². The van der Waals surface area contributed by atoms with E-state index in [1.807, 2.05) is 59.4 Å². The van der Waals surface area contributed by atoms with Gasteiger partial charge in [0.15, 0.2) is 0 Å². The zero-order valence-corrected chi connectivity index (χ0v) is 15.4. The molecule has 0 radical (unpaired) electrons. The Balaban J connectivity index is 1.86. The molecule has 0 saturated carbocycles. The van der Waals surface area contributed by atoms with Gasteiger partial charge in [0.25, 0.3) is 0 Å². The molecule has 5 heteroatoms. The third kappa shape index (κ3) is 3.42. The zero-order chi connectivity index (χ0) is 19.3. The summed E-state index contributed by atoms with van der Waals surface area (Å²) in [6, 6.07) is 21.7. The van der Waals surface area contributed by atoms with Gasteiger partial charge in [-0.2, -0.15) is 5.10 Å². The Morgan fingerprint density at radius 2 is 1.68 bits per heavy atom. The minimum Gasteiger partial charge on any atom is -0.465 e. The molecule has 0 unspecified atom stereocenters. The topological polar surface area (TPSA) is 57.0 Å². The largest absolute Gasteiger partial charge is 0.465 e. The number of carbonyl (C=O) groups excluding carboxylic acids is 1. The molecular weight excluding hydrogens is 350 g/mol. The number of rotatable bonds is 5. The van der Waals surface area contributed by atoms with E-state index in [0.717, 1.165) is 28.1 Å². The van der Waals surface area contributed by atoms with Crippen molar-refractivity contribution in [1.29, 1.82) is 0 Å². The number of ether oxygens (including phenoxy) is 1. The third-order valence-electron chi connectivity index (χ3n) is 4.62. The fraction of sp³-hybridized carbons (Fsp3) is 0.0870. The van der Waals surface area contributed by atoms with Gasteiger partial charge in [0.05, 0.1) is 30.3 Å². The maximum Gasteiger partial charge on any atom is 0.338 e. The van der Waals surface area contributed by atoms with Gasteiger partial charge in [-0.1, -0.05) is 48.5 Å². The Bertz CT molecular complexity index is 1030. The second kappa shape index (κ2) is 7.88. The first-order chi connectivity index (χ1) is 13.8. The number of nitrogens with zero attached hydrogens (tertiary/aromatic N) is 3. The van der Waals surface area contributed by atoms with Crippen LogP contribution in [-0.4, -0.2) is 27.8 Å². The van der Waals surface area contributed by atoms with Crippen molar-refractivity contribution in [2.24, 2.45) is 0 Å². The van der Waals surface area contributed by atoms with E-state index in [2.05, 4.69) is 22.2 Å². The number of hydrogen-bond acceptors (Lipinski definition) is 4. The summed E-state index contributed by atoms with van der Waals surface area (Å²) in [6.07, 6.45) is 5.68. The first kappa shape index (κ1) is 17.7. The number of esters is 1. The van der Waals surface area contributed by atoms with Crippen LogP contribution in [0.5, 0.6) is 0 Å². The molecule has 0 spiro atoms. The van der Waals surface area contributed by atoms with Crippen LogP contribution in [0.1, 0.15) is 21.6 Å². The van der Waals surface area contributed by atoms with Crippen molar-refractivity contribution < 1.29 is 9.53 Å². The summed E-state index contributed by atoms with van der Waals surface area (Å²) in [4.78, 5) is 16.4. The first-order valence-electron chi connectivity index (χ1n) is 8.97. The molecule has 4 aromatic rings. The molecule has 2 aromatic heterocycles. The van der Waals surface area contributed by atoms with Crippen molar-refractivity contribution in [2.45, 2.75) is 6.42 Å². The monoisotopic (exact) mass is 369 g/mol. The van der Waals surface area contributed by atoms with Crippen LogP contribution in [-0.2, 0) is 11.2 Å². The maximum absolute atomic E-state index is 12.2. The highest BCUT2D eigenvalue weighted by atomic mass is 16.5. The summed E-state index contributed by atoms with van der Waals surface area (Å²) in [5.74, 6) is -0.371. The van der Waals surface area contributed by atoms with Crippen LogP contribution in [0.2, 0.25) is 0 Å². The van der Waals surface area contributed by atoms with Gasteiger partial charge in [-0.25, -0.2) is 9.48 Å². The Morgan fingerprint density at radius 3 is 2.39 bits per heavy atom. The second-order valence-corrected chi connectivity index (χ2v) is 6.32. The van der Waals surface area contributed by atoms with Gasteiger partial charge < -0.3 is 4.74 Å². The number of pyridine rings is 1. The normalized spacial score (nSPS) is 10.6. The molecule has 0 N–H and O–H groups in total. The molecular formula is C23H19N3O2. The molecule has 0 fully saturated rings. The molecule has 0 amide bonds. The number of hydrogen-bond donors (Lipinski definition) is 0. The SMILES string of the molecule is COC(=O)c1ccncc1Cc1c(-c2ccccc2)cnn1-c1ccccc1. The smallest absolute Gasteiger partial charge is 0.338 e. The van der Waals surface area contributed by atoms with Crippen LogP contribution < -0.4 is 0 Å². The maximum atomic E-state index is 12.2. The minimum atomic E-state index is -0.371. The lowest BCUT2D eigenvalue weighted by molar-refractivity contribution is 0.0599. The minimum absolute atomic E-state index is 0.371. The van der Waals surface area contributed by atoms with Crippen LogP contribution in [0.3, 0.4) is 0 Å². The fourth-order valence-electron chi connectivity index (χ4n) is 3.25. The highest BCUT2D eigenvalue weighted by Crippen LogP contribution is 2.28. The van der Waals surface area contributed by atoms with Gasteiger partial charge >= 0.3 is 5.97 Å². The molecule has 0 aliphatic rings. The van der Waals surface area contributed by atoms with Crippen molar-refractivity contribution >= 4 is 5.97 Å². The predicted molar refractivity (Wildman–Crippen MR) is 107 cm³/mol. The number of para-hydroxylation sites is 1. The summed E-state index contributed by atoms with van der Waals surface area (Å²) in [5, 5.41) is 4.63. The lowest BCUT2D eigenvalue weighted by atomic mass is 9.99. The Morgan fingerprint density at radius 1 is 0.964 bits per heavy atom. The van der Waals surface area contributed by atoms with Crippen molar-refractivity contribution in [1.82, 2.24) is 14.8 Å². The molecule has 28 heavy (non-hydrogen) atoms. The highest BCUT2D eigenvalue weighted by Gasteiger charge is 2.18. The Hall–Kier alpha value is -3.73. The van der Waals surface area contributed by atoms with E-state index in [4.69, 9.17) is 4.74 Å². The third-order valence-corrected chi connectivity index (χ3v) is 4.62. The molecule has 5 nitrogen and oxygen atoms in total. The van der Waals surface area contributed by atoms with Crippen LogP contribution in [0, 0.1) is 0 Å². The molecule has 0 aliphatic heterocycles. The van der Waals surface area contributed by atoms with Crippen LogP contribution >= 0.6 is 0 Å². The van der Waals surface area contributed by atoms with Gasteiger partial charge in [-0.3, -0.25) is 4.98 Å². The number of aromatic nitrogens is 3. The molecule has 0 atom stereocenters. The van der Waals surface area contributed by atoms with Gasteiger partial charge in [-0.05, 0) is 29.3 Å². The quantitative estimate of drug-likeness (QED) is 0.492. The summed E-state index contributed by atoms with van der Waals surface area (Å²) in [6.45, 7) is 0. The molecule has 138 valence electrons. The molecule has 0 saturated heterocycles. The number of carbonyl (C=O) groups is 1. The fourth-order valence-corrected chi connectivity index (χ4v) is 3.25. The molecule has 2 heterocycles. The molecule has 4 rings (SSSR count). The second-order valence-electron chi connectivity index (χ2n) is 6.32. The van der Waals surface area contributed by atoms with E-state index in [9.17, 15) is 4.79 Å². The van der Waals surface area contributed by atoms with E-state index in [0.29, 0.717) is 12.0 Å². The highest BCUT2D eigenvalue weighted by molar-refractivity contribution is 5.91. The van der Waals surface area contributed by atoms with E-state index < -0.39 is 0 Å². The van der Waals surface area contributed by atoms with Crippen LogP contribution in [0.15, 0.2) is 85.3 Å². The lowest BCUT2D eigenvalue weighted by Crippen LogP contribution is -2.09. The number of methoxy groups -OCH3 is 1. The van der Waals surface area contributed by atoms with Crippen molar-refractivity contribution in [3.05, 3.63) is 102 Å². The molecule has 0 bridgehead atoms. The van der Waals surface area contributed by atoms with Crippen molar-refractivity contribution in [2.75, 3.05) is 7.11 Å². The van der Waals surface area contributed by atoms with E-state index in [1.165, 1.54) is 7.11 Å². The zero-order valence-electron chi connectivity index (χ0n) is 15.4. The van der Waals surface area contributed by atoms with Crippen LogP contribution in [0.25, 0.3) is 16.8 Å². The summed E-state index contributed by atoms with van der Waals surface area (Å²) in [7, 11) is 1.39. The standard InChI is InChI=1S/C23H19N3O2/c1-28-23(27)20-12-13-24-15-18(20)14-22-21(17-8-4-2-5-9-17)16-25-26(22)19-10-6-3-7-11-19/h2-13,15-16H,14H2,1H3. The van der Waals surface area contributed by atoms with Gasteiger partial charge in [0, 0.05) is 24.4 Å². The average molecular weight is 369 g/mol. The Kier molecular flexibility index (Phi) is 4.97. The lowest BCUT2D eigenvalue weighted by Gasteiger charge is -2.12.